The first-order valence-corrected chi connectivity index (χ1v) is 6.39. The van der Waals surface area contributed by atoms with Crippen LogP contribution in [0.1, 0.15) is 23.2 Å². The molecular weight excluding hydrogens is 230 g/mol. The molecule has 4 heteroatoms. The van der Waals surface area contributed by atoms with E-state index in [1.807, 2.05) is 13.1 Å². The van der Waals surface area contributed by atoms with Crippen LogP contribution >= 0.6 is 0 Å². The van der Waals surface area contributed by atoms with Crippen LogP contribution in [0.2, 0.25) is 0 Å². The summed E-state index contributed by atoms with van der Waals surface area (Å²) in [6.45, 7) is 1.97. The number of nitrogens with zero attached hydrogens (tertiary/aromatic N) is 1. The van der Waals surface area contributed by atoms with Crippen molar-refractivity contribution in [2.24, 2.45) is 5.92 Å². The van der Waals surface area contributed by atoms with Gasteiger partial charge in [-0.15, -0.1) is 0 Å². The predicted octanol–water partition coefficient (Wildman–Crippen LogP) is 1.94. The molecule has 2 aliphatic rings. The molecule has 1 heterocycles. The quantitative estimate of drug-likeness (QED) is 0.819. The van der Waals surface area contributed by atoms with Gasteiger partial charge in [-0.2, -0.15) is 0 Å². The lowest BCUT2D eigenvalue weighted by atomic mass is 10.1. The molecule has 0 spiro atoms. The van der Waals surface area contributed by atoms with E-state index in [-0.39, 0.29) is 5.91 Å². The molecular formula is C14H17NO3. The Morgan fingerprint density at radius 2 is 2.00 bits per heavy atom. The van der Waals surface area contributed by atoms with Crippen molar-refractivity contribution in [1.82, 2.24) is 4.90 Å². The number of benzene rings is 1. The minimum absolute atomic E-state index is 0.0545. The Morgan fingerprint density at radius 3 is 2.72 bits per heavy atom. The summed E-state index contributed by atoms with van der Waals surface area (Å²) in [6, 6.07) is 5.40. The van der Waals surface area contributed by atoms with Crippen LogP contribution < -0.4 is 9.47 Å². The number of hydrogen-bond donors (Lipinski definition) is 0. The minimum Gasteiger partial charge on any atom is -0.486 e. The van der Waals surface area contributed by atoms with E-state index in [2.05, 4.69) is 0 Å². The summed E-state index contributed by atoms with van der Waals surface area (Å²) in [4.78, 5) is 14.0. The zero-order valence-corrected chi connectivity index (χ0v) is 10.5. The van der Waals surface area contributed by atoms with E-state index in [1.165, 1.54) is 12.8 Å². The van der Waals surface area contributed by atoms with Crippen LogP contribution in [0, 0.1) is 5.92 Å². The highest BCUT2D eigenvalue weighted by Gasteiger charge is 2.25. The number of rotatable bonds is 3. The van der Waals surface area contributed by atoms with Crippen LogP contribution in [-0.4, -0.2) is 37.6 Å². The predicted molar refractivity (Wildman–Crippen MR) is 67.1 cm³/mol. The van der Waals surface area contributed by atoms with Crippen molar-refractivity contribution in [3.63, 3.8) is 0 Å². The number of ether oxygens (including phenoxy) is 2. The molecule has 18 heavy (non-hydrogen) atoms. The van der Waals surface area contributed by atoms with Gasteiger partial charge in [-0.3, -0.25) is 4.79 Å². The smallest absolute Gasteiger partial charge is 0.253 e. The van der Waals surface area contributed by atoms with Crippen molar-refractivity contribution in [3.05, 3.63) is 23.8 Å². The molecule has 1 aromatic rings. The average Bonchev–Trinajstić information content (AvgIpc) is 3.21. The molecule has 3 rings (SSSR count). The Bertz CT molecular complexity index is 468. The topological polar surface area (TPSA) is 38.8 Å². The summed E-state index contributed by atoms with van der Waals surface area (Å²) in [6.07, 6.45) is 2.50. The Hall–Kier alpha value is -1.71. The number of amides is 1. The first kappa shape index (κ1) is 11.4. The summed E-state index contributed by atoms with van der Waals surface area (Å²) >= 11 is 0. The fourth-order valence-electron chi connectivity index (χ4n) is 2.17. The third kappa shape index (κ3) is 2.28. The molecule has 0 N–H and O–H groups in total. The highest BCUT2D eigenvalue weighted by atomic mass is 16.6. The van der Waals surface area contributed by atoms with Crippen molar-refractivity contribution in [2.75, 3.05) is 26.8 Å². The van der Waals surface area contributed by atoms with Gasteiger partial charge < -0.3 is 14.4 Å². The standard InChI is InChI=1S/C14H17NO3/c1-15(9-10-2-3-10)14(16)11-4-5-12-13(8-11)18-7-6-17-12/h4-5,8,10H,2-3,6-7,9H2,1H3. The third-order valence-electron chi connectivity index (χ3n) is 3.36. The zero-order chi connectivity index (χ0) is 12.5. The van der Waals surface area contributed by atoms with Crippen LogP contribution in [0.25, 0.3) is 0 Å². The van der Waals surface area contributed by atoms with Gasteiger partial charge in [-0.1, -0.05) is 0 Å². The maximum Gasteiger partial charge on any atom is 0.253 e. The largest absolute Gasteiger partial charge is 0.486 e. The van der Waals surface area contributed by atoms with E-state index in [0.717, 1.165) is 12.3 Å². The molecule has 0 bridgehead atoms. The van der Waals surface area contributed by atoms with Gasteiger partial charge in [0.15, 0.2) is 11.5 Å². The van der Waals surface area contributed by atoms with Gasteiger partial charge in [0.25, 0.3) is 5.91 Å². The van der Waals surface area contributed by atoms with Crippen molar-refractivity contribution in [1.29, 1.82) is 0 Å². The lowest BCUT2D eigenvalue weighted by Crippen LogP contribution is -2.28. The summed E-state index contributed by atoms with van der Waals surface area (Å²) < 4.78 is 10.9. The molecule has 1 amide bonds. The molecule has 1 aliphatic carbocycles. The zero-order valence-electron chi connectivity index (χ0n) is 10.5. The van der Waals surface area contributed by atoms with Crippen LogP contribution in [0.3, 0.4) is 0 Å². The molecule has 0 radical (unpaired) electrons. The Labute approximate surface area is 106 Å². The second kappa shape index (κ2) is 4.52. The molecule has 0 aromatic heterocycles. The SMILES string of the molecule is CN(CC1CC1)C(=O)c1ccc2c(c1)OCCO2. The molecule has 1 aromatic carbocycles. The van der Waals surface area contributed by atoms with E-state index < -0.39 is 0 Å². The third-order valence-corrected chi connectivity index (χ3v) is 3.36. The van der Waals surface area contributed by atoms with E-state index in [0.29, 0.717) is 30.4 Å². The monoisotopic (exact) mass is 247 g/mol. The number of carbonyl (C=O) groups is 1. The van der Waals surface area contributed by atoms with Gasteiger partial charge in [-0.25, -0.2) is 0 Å². The van der Waals surface area contributed by atoms with Crippen LogP contribution in [0.4, 0.5) is 0 Å². The minimum atomic E-state index is 0.0545. The Balaban J connectivity index is 1.76. The molecule has 0 unspecified atom stereocenters. The van der Waals surface area contributed by atoms with Gasteiger partial charge in [0, 0.05) is 19.2 Å². The van der Waals surface area contributed by atoms with Crippen molar-refractivity contribution in [2.45, 2.75) is 12.8 Å². The fraction of sp³-hybridized carbons (Fsp3) is 0.500. The highest BCUT2D eigenvalue weighted by Crippen LogP contribution is 2.32. The van der Waals surface area contributed by atoms with Gasteiger partial charge in [0.1, 0.15) is 13.2 Å². The lowest BCUT2D eigenvalue weighted by molar-refractivity contribution is 0.0787. The second-order valence-corrected chi connectivity index (χ2v) is 4.99. The normalized spacial score (nSPS) is 17.4. The molecule has 0 atom stereocenters. The maximum absolute atomic E-state index is 12.2. The summed E-state index contributed by atoms with van der Waals surface area (Å²) in [5.41, 5.74) is 0.669. The maximum atomic E-state index is 12.2. The lowest BCUT2D eigenvalue weighted by Gasteiger charge is -2.21. The van der Waals surface area contributed by atoms with Crippen LogP contribution in [0.5, 0.6) is 11.5 Å². The molecule has 96 valence electrons. The second-order valence-electron chi connectivity index (χ2n) is 4.99. The molecule has 1 saturated carbocycles. The molecule has 0 saturated heterocycles. The first-order chi connectivity index (χ1) is 8.74. The van der Waals surface area contributed by atoms with E-state index >= 15 is 0 Å². The molecule has 1 aliphatic heterocycles. The number of carbonyl (C=O) groups excluding carboxylic acids is 1. The summed E-state index contributed by atoms with van der Waals surface area (Å²) in [7, 11) is 1.86. The van der Waals surface area contributed by atoms with Gasteiger partial charge in [-0.05, 0) is 37.0 Å². The van der Waals surface area contributed by atoms with Gasteiger partial charge in [0.05, 0.1) is 0 Å². The first-order valence-electron chi connectivity index (χ1n) is 6.39. The number of hydrogen-bond acceptors (Lipinski definition) is 3. The average molecular weight is 247 g/mol. The van der Waals surface area contributed by atoms with E-state index in [9.17, 15) is 4.79 Å². The molecule has 4 nitrogen and oxygen atoms in total. The Morgan fingerprint density at radius 1 is 1.28 bits per heavy atom. The fourth-order valence-corrected chi connectivity index (χ4v) is 2.17. The van der Waals surface area contributed by atoms with Crippen LogP contribution in [0.15, 0.2) is 18.2 Å². The van der Waals surface area contributed by atoms with E-state index in [1.54, 1.807) is 17.0 Å². The highest BCUT2D eigenvalue weighted by molar-refractivity contribution is 5.94. The van der Waals surface area contributed by atoms with Gasteiger partial charge >= 0.3 is 0 Å². The van der Waals surface area contributed by atoms with Crippen molar-refractivity contribution in [3.8, 4) is 11.5 Å². The number of fused-ring (bicyclic) bond motifs is 1. The van der Waals surface area contributed by atoms with Crippen molar-refractivity contribution >= 4 is 5.91 Å². The van der Waals surface area contributed by atoms with Crippen LogP contribution in [-0.2, 0) is 0 Å². The molecule has 1 fully saturated rings. The summed E-state index contributed by atoms with van der Waals surface area (Å²) in [5.74, 6) is 2.16. The van der Waals surface area contributed by atoms with Crippen molar-refractivity contribution < 1.29 is 14.3 Å². The van der Waals surface area contributed by atoms with Gasteiger partial charge in [0.2, 0.25) is 0 Å². The Kier molecular flexibility index (Phi) is 2.86. The van der Waals surface area contributed by atoms with E-state index in [4.69, 9.17) is 9.47 Å². The summed E-state index contributed by atoms with van der Waals surface area (Å²) in [5, 5.41) is 0.